The molecule has 0 aliphatic carbocycles. The molecule has 0 saturated carbocycles. The van der Waals surface area contributed by atoms with Gasteiger partial charge in [-0.15, -0.1) is 0 Å². The van der Waals surface area contributed by atoms with Crippen LogP contribution in [0, 0.1) is 11.6 Å². The molecule has 0 saturated heterocycles. The van der Waals surface area contributed by atoms with E-state index in [2.05, 4.69) is 10.3 Å². The van der Waals surface area contributed by atoms with Gasteiger partial charge in [0.15, 0.2) is 11.6 Å². The Bertz CT molecular complexity index is 606. The second-order valence-electron chi connectivity index (χ2n) is 4.59. The van der Waals surface area contributed by atoms with Crippen molar-refractivity contribution in [3.63, 3.8) is 0 Å². The average Bonchev–Trinajstić information content (AvgIpc) is 2.90. The molecule has 1 amide bonds. The normalized spacial score (nSPS) is 12.0. The number of hydrazine groups is 1. The summed E-state index contributed by atoms with van der Waals surface area (Å²) in [5.41, 5.74) is 1.32. The van der Waals surface area contributed by atoms with E-state index in [9.17, 15) is 13.6 Å². The highest BCUT2D eigenvalue weighted by Gasteiger charge is 2.16. The zero-order chi connectivity index (χ0) is 15.4. The summed E-state index contributed by atoms with van der Waals surface area (Å²) in [5, 5.41) is 2.65. The van der Waals surface area contributed by atoms with E-state index in [1.807, 2.05) is 5.43 Å². The number of hydrogen-bond donors (Lipinski definition) is 3. The van der Waals surface area contributed by atoms with Gasteiger partial charge >= 0.3 is 0 Å². The molecule has 2 rings (SSSR count). The van der Waals surface area contributed by atoms with Gasteiger partial charge in [0, 0.05) is 30.5 Å². The summed E-state index contributed by atoms with van der Waals surface area (Å²) < 4.78 is 28.9. The van der Waals surface area contributed by atoms with Gasteiger partial charge in [0.25, 0.3) is 5.91 Å². The fourth-order valence-electron chi connectivity index (χ4n) is 1.91. The summed E-state index contributed by atoms with van der Waals surface area (Å²) in [6, 6.07) is 1.62. The van der Waals surface area contributed by atoms with E-state index in [1.165, 1.54) is 0 Å². The van der Waals surface area contributed by atoms with E-state index in [0.717, 1.165) is 12.1 Å². The molecular formula is C13H15F2N5O. The molecule has 0 aliphatic heterocycles. The van der Waals surface area contributed by atoms with Crippen molar-refractivity contribution in [1.82, 2.24) is 14.9 Å². The summed E-state index contributed by atoms with van der Waals surface area (Å²) in [4.78, 5) is 15.9. The molecule has 0 bridgehead atoms. The molecule has 0 fully saturated rings. The summed E-state index contributed by atoms with van der Waals surface area (Å²) in [7, 11) is 0. The first kappa shape index (κ1) is 14.9. The zero-order valence-corrected chi connectivity index (χ0v) is 11.3. The van der Waals surface area contributed by atoms with Crippen molar-refractivity contribution in [3.05, 3.63) is 48.1 Å². The fourth-order valence-corrected chi connectivity index (χ4v) is 1.91. The molecule has 1 aromatic heterocycles. The standard InChI is InChI=1S/C13H15F2N5O/c1-8(6-20-3-2-17-7-20)18-13(21)9-4-10(14)12(19-16)11(15)5-9/h2-5,7-8,19H,6,16H2,1H3,(H,18,21). The Hall–Kier alpha value is -2.48. The van der Waals surface area contributed by atoms with Gasteiger partial charge in [0.05, 0.1) is 6.33 Å². The van der Waals surface area contributed by atoms with Crippen LogP contribution in [0.1, 0.15) is 17.3 Å². The Balaban J connectivity index is 2.06. The molecule has 1 unspecified atom stereocenters. The SMILES string of the molecule is CC(Cn1ccnc1)NC(=O)c1cc(F)c(NN)c(F)c1. The smallest absolute Gasteiger partial charge is 0.251 e. The minimum Gasteiger partial charge on any atom is -0.348 e. The van der Waals surface area contributed by atoms with Crippen LogP contribution in [0.15, 0.2) is 30.9 Å². The summed E-state index contributed by atoms with van der Waals surface area (Å²) >= 11 is 0. The van der Waals surface area contributed by atoms with Crippen LogP contribution in [0.3, 0.4) is 0 Å². The van der Waals surface area contributed by atoms with Crippen LogP contribution in [-0.2, 0) is 6.54 Å². The molecule has 1 atom stereocenters. The van der Waals surface area contributed by atoms with E-state index in [0.29, 0.717) is 6.54 Å². The molecule has 0 radical (unpaired) electrons. The lowest BCUT2D eigenvalue weighted by molar-refractivity contribution is 0.0936. The quantitative estimate of drug-likeness (QED) is 0.573. The lowest BCUT2D eigenvalue weighted by Gasteiger charge is -2.15. The summed E-state index contributed by atoms with van der Waals surface area (Å²) in [6.45, 7) is 2.28. The van der Waals surface area contributed by atoms with Gasteiger partial charge < -0.3 is 15.3 Å². The third kappa shape index (κ3) is 3.54. The number of carbonyl (C=O) groups is 1. The van der Waals surface area contributed by atoms with Gasteiger partial charge in [-0.1, -0.05) is 0 Å². The van der Waals surface area contributed by atoms with Crippen molar-refractivity contribution in [2.45, 2.75) is 19.5 Å². The second-order valence-corrected chi connectivity index (χ2v) is 4.59. The van der Waals surface area contributed by atoms with Gasteiger partial charge in [-0.3, -0.25) is 10.6 Å². The number of halogens is 2. The summed E-state index contributed by atoms with van der Waals surface area (Å²) in [5.74, 6) is 2.58. The molecule has 112 valence electrons. The number of benzene rings is 1. The Morgan fingerprint density at radius 3 is 2.62 bits per heavy atom. The van der Waals surface area contributed by atoms with Crippen molar-refractivity contribution < 1.29 is 13.6 Å². The number of rotatable bonds is 5. The molecule has 4 N–H and O–H groups in total. The minimum absolute atomic E-state index is 0.110. The third-order valence-corrected chi connectivity index (χ3v) is 2.87. The topological polar surface area (TPSA) is 85.0 Å². The van der Waals surface area contributed by atoms with Crippen LogP contribution in [0.2, 0.25) is 0 Å². The number of carbonyl (C=O) groups excluding carboxylic acids is 1. The third-order valence-electron chi connectivity index (χ3n) is 2.87. The highest BCUT2D eigenvalue weighted by Crippen LogP contribution is 2.19. The van der Waals surface area contributed by atoms with Crippen LogP contribution in [0.25, 0.3) is 0 Å². The largest absolute Gasteiger partial charge is 0.348 e. The van der Waals surface area contributed by atoms with Gasteiger partial charge in [0.2, 0.25) is 0 Å². The van der Waals surface area contributed by atoms with Crippen molar-refractivity contribution in [2.75, 3.05) is 5.43 Å². The van der Waals surface area contributed by atoms with Crippen LogP contribution >= 0.6 is 0 Å². The lowest BCUT2D eigenvalue weighted by Crippen LogP contribution is -2.35. The highest BCUT2D eigenvalue weighted by molar-refractivity contribution is 5.94. The molecule has 0 aliphatic rings. The Kier molecular flexibility index (Phi) is 4.49. The Morgan fingerprint density at radius 2 is 2.10 bits per heavy atom. The van der Waals surface area contributed by atoms with Gasteiger partial charge in [-0.2, -0.15) is 0 Å². The molecule has 8 heteroatoms. The lowest BCUT2D eigenvalue weighted by atomic mass is 10.1. The molecule has 1 heterocycles. The van der Waals surface area contributed by atoms with Crippen LogP contribution in [0.4, 0.5) is 14.5 Å². The fraction of sp³-hybridized carbons (Fsp3) is 0.231. The van der Waals surface area contributed by atoms with E-state index in [1.54, 1.807) is 30.2 Å². The first-order chi connectivity index (χ1) is 10.0. The molecule has 0 spiro atoms. The van der Waals surface area contributed by atoms with Gasteiger partial charge in [0.1, 0.15) is 5.69 Å². The highest BCUT2D eigenvalue weighted by atomic mass is 19.1. The number of nitrogen functional groups attached to an aromatic ring is 1. The van der Waals surface area contributed by atoms with Crippen LogP contribution < -0.4 is 16.6 Å². The van der Waals surface area contributed by atoms with Gasteiger partial charge in [-0.25, -0.2) is 13.8 Å². The second kappa shape index (κ2) is 6.31. The van der Waals surface area contributed by atoms with Crippen molar-refractivity contribution in [1.29, 1.82) is 0 Å². The summed E-state index contributed by atoms with van der Waals surface area (Å²) in [6.07, 6.45) is 4.99. The number of aromatic nitrogens is 2. The first-order valence-electron chi connectivity index (χ1n) is 6.23. The predicted molar refractivity (Wildman–Crippen MR) is 73.3 cm³/mol. The Morgan fingerprint density at radius 1 is 1.43 bits per heavy atom. The monoisotopic (exact) mass is 295 g/mol. The number of nitrogens with one attached hydrogen (secondary N) is 2. The van der Waals surface area contributed by atoms with Crippen molar-refractivity contribution in [3.8, 4) is 0 Å². The van der Waals surface area contributed by atoms with Crippen molar-refractivity contribution >= 4 is 11.6 Å². The maximum atomic E-state index is 13.5. The number of hydrogen-bond acceptors (Lipinski definition) is 4. The minimum atomic E-state index is -0.926. The van der Waals surface area contributed by atoms with Crippen LogP contribution in [-0.4, -0.2) is 21.5 Å². The molecule has 2 aromatic rings. The zero-order valence-electron chi connectivity index (χ0n) is 11.3. The maximum absolute atomic E-state index is 13.5. The Labute approximate surface area is 119 Å². The maximum Gasteiger partial charge on any atom is 0.251 e. The number of imidazole rings is 1. The molecule has 21 heavy (non-hydrogen) atoms. The van der Waals surface area contributed by atoms with E-state index >= 15 is 0 Å². The first-order valence-corrected chi connectivity index (χ1v) is 6.23. The number of anilines is 1. The average molecular weight is 295 g/mol. The number of amides is 1. The number of nitrogens with two attached hydrogens (primary N) is 1. The van der Waals surface area contributed by atoms with E-state index < -0.39 is 23.2 Å². The van der Waals surface area contributed by atoms with Crippen LogP contribution in [0.5, 0.6) is 0 Å². The van der Waals surface area contributed by atoms with E-state index in [4.69, 9.17) is 5.84 Å². The number of nitrogens with zero attached hydrogens (tertiary/aromatic N) is 2. The molecule has 6 nitrogen and oxygen atoms in total. The molecule has 1 aromatic carbocycles. The molecular weight excluding hydrogens is 280 g/mol. The van der Waals surface area contributed by atoms with Crippen molar-refractivity contribution in [2.24, 2.45) is 5.84 Å². The van der Waals surface area contributed by atoms with E-state index in [-0.39, 0.29) is 11.6 Å². The predicted octanol–water partition coefficient (Wildman–Crippen LogP) is 1.27. The van der Waals surface area contributed by atoms with Gasteiger partial charge in [-0.05, 0) is 19.1 Å².